The van der Waals surface area contributed by atoms with Crippen molar-refractivity contribution in [2.24, 2.45) is 5.92 Å². The van der Waals surface area contributed by atoms with Gasteiger partial charge in [0.15, 0.2) is 5.79 Å². The van der Waals surface area contributed by atoms with E-state index in [0.717, 1.165) is 59.8 Å². The second-order valence-corrected chi connectivity index (χ2v) is 11.1. The van der Waals surface area contributed by atoms with Crippen molar-refractivity contribution in [1.29, 1.82) is 0 Å². The Bertz CT molecular complexity index is 1060. The monoisotopic (exact) mass is 515 g/mol. The number of benzene rings is 1. The van der Waals surface area contributed by atoms with E-state index in [0.29, 0.717) is 17.9 Å². The summed E-state index contributed by atoms with van der Waals surface area (Å²) in [5, 5.41) is 33.7. The average molecular weight is 516 g/mol. The van der Waals surface area contributed by atoms with Crippen LogP contribution in [0.2, 0.25) is 0 Å². The molecule has 0 amide bonds. The Labute approximate surface area is 218 Å². The maximum absolute atomic E-state index is 9.54. The van der Waals surface area contributed by atoms with E-state index < -0.39 is 5.79 Å². The lowest BCUT2D eigenvalue weighted by Gasteiger charge is -2.18. The van der Waals surface area contributed by atoms with Crippen LogP contribution in [-0.4, -0.2) is 55.3 Å². The minimum absolute atomic E-state index is 0.260. The van der Waals surface area contributed by atoms with Crippen LogP contribution in [0.15, 0.2) is 24.3 Å². The van der Waals surface area contributed by atoms with Crippen LogP contribution < -0.4 is 10.6 Å². The minimum atomic E-state index is -1.50. The van der Waals surface area contributed by atoms with Crippen molar-refractivity contribution in [3.63, 3.8) is 0 Å². The van der Waals surface area contributed by atoms with Gasteiger partial charge in [0.1, 0.15) is 10.8 Å². The van der Waals surface area contributed by atoms with Crippen LogP contribution in [0.4, 0.5) is 11.8 Å². The quantitative estimate of drug-likeness (QED) is 0.181. The number of nitrogens with one attached hydrogen (secondary N) is 2. The van der Waals surface area contributed by atoms with E-state index in [2.05, 4.69) is 23.6 Å². The first kappa shape index (κ1) is 28.2. The fourth-order valence-corrected chi connectivity index (χ4v) is 5.37. The summed E-state index contributed by atoms with van der Waals surface area (Å²) in [6.07, 6.45) is 7.92. The normalized spacial score (nSPS) is 17.6. The Kier molecular flexibility index (Phi) is 10.4. The van der Waals surface area contributed by atoms with E-state index in [1.165, 1.54) is 37.8 Å². The van der Waals surface area contributed by atoms with Crippen molar-refractivity contribution in [2.75, 3.05) is 23.8 Å². The average Bonchev–Trinajstić information content (AvgIpc) is 3.44. The lowest BCUT2D eigenvalue weighted by molar-refractivity contribution is -0.127. The summed E-state index contributed by atoms with van der Waals surface area (Å²) in [6.45, 7) is 8.01. The molecular formula is C27H41N5O3S. The van der Waals surface area contributed by atoms with Gasteiger partial charge in [0.2, 0.25) is 5.95 Å². The van der Waals surface area contributed by atoms with Crippen LogP contribution in [-0.2, 0) is 0 Å². The van der Waals surface area contributed by atoms with Crippen LogP contribution in [0, 0.1) is 12.8 Å². The Morgan fingerprint density at radius 3 is 2.47 bits per heavy atom. The van der Waals surface area contributed by atoms with E-state index in [-0.39, 0.29) is 6.61 Å². The predicted molar refractivity (Wildman–Crippen MR) is 148 cm³/mol. The standard InChI is InChI=1S/C24H33N5OS.C3H8O2/c1-3-4-5-8-13-25-24-26-16(2)21(23-28-19-9-6-7-10-20(19)31-23)22(29-24)27-18-12-11-17(14-18)15-30;1-3(2,4)5/h6-7,9-10,17-18,30H,3-5,8,11-15H2,1-2H3,(H2,25,26,27,29);4-5H,1-2H3. The Morgan fingerprint density at radius 1 is 1.06 bits per heavy atom. The number of thiazole rings is 1. The molecule has 8 nitrogen and oxygen atoms in total. The molecule has 5 N–H and O–H groups in total. The molecule has 3 aromatic rings. The number of aryl methyl sites for hydroxylation is 1. The number of aliphatic hydroxyl groups is 3. The van der Waals surface area contributed by atoms with Gasteiger partial charge in [-0.2, -0.15) is 4.98 Å². The summed E-state index contributed by atoms with van der Waals surface area (Å²) >= 11 is 1.68. The number of unbranched alkanes of at least 4 members (excludes halogenated alkanes) is 3. The van der Waals surface area contributed by atoms with E-state index in [9.17, 15) is 5.11 Å². The van der Waals surface area contributed by atoms with Crippen LogP contribution >= 0.6 is 11.3 Å². The maximum atomic E-state index is 9.54. The zero-order valence-corrected chi connectivity index (χ0v) is 22.7. The minimum Gasteiger partial charge on any atom is -0.396 e. The Morgan fingerprint density at radius 2 is 1.81 bits per heavy atom. The van der Waals surface area contributed by atoms with Crippen molar-refractivity contribution < 1.29 is 15.3 Å². The zero-order valence-electron chi connectivity index (χ0n) is 21.9. The number of aliphatic hydroxyl groups excluding tert-OH is 1. The van der Waals surface area contributed by atoms with E-state index in [1.54, 1.807) is 11.3 Å². The fourth-order valence-electron chi connectivity index (χ4n) is 4.31. The first-order valence-electron chi connectivity index (χ1n) is 13.0. The van der Waals surface area contributed by atoms with Gasteiger partial charge < -0.3 is 26.0 Å². The molecule has 2 heterocycles. The molecule has 4 rings (SSSR count). The molecule has 1 saturated carbocycles. The van der Waals surface area contributed by atoms with Crippen molar-refractivity contribution in [1.82, 2.24) is 15.0 Å². The van der Waals surface area contributed by atoms with Crippen LogP contribution in [0.1, 0.15) is 71.4 Å². The number of fused-ring (bicyclic) bond motifs is 1. The second-order valence-electron chi connectivity index (χ2n) is 10.0. The number of anilines is 2. The van der Waals surface area contributed by atoms with E-state index >= 15 is 0 Å². The summed E-state index contributed by atoms with van der Waals surface area (Å²) in [5.41, 5.74) is 2.93. The van der Waals surface area contributed by atoms with Gasteiger partial charge in [0, 0.05) is 19.2 Å². The summed E-state index contributed by atoms with van der Waals surface area (Å²) in [5.74, 6) is 0.409. The van der Waals surface area contributed by atoms with Gasteiger partial charge in [0.05, 0.1) is 21.5 Å². The molecule has 2 unspecified atom stereocenters. The molecule has 1 aliphatic rings. The maximum Gasteiger partial charge on any atom is 0.224 e. The van der Waals surface area contributed by atoms with Crippen molar-refractivity contribution in [2.45, 2.75) is 84.5 Å². The first-order chi connectivity index (χ1) is 17.2. The highest BCUT2D eigenvalue weighted by molar-refractivity contribution is 7.21. The third-order valence-electron chi connectivity index (χ3n) is 6.05. The number of hydrogen-bond donors (Lipinski definition) is 5. The summed E-state index contributed by atoms with van der Waals surface area (Å²) in [6, 6.07) is 8.54. The third kappa shape index (κ3) is 8.65. The van der Waals surface area contributed by atoms with Gasteiger partial charge in [-0.15, -0.1) is 11.3 Å². The molecule has 2 aromatic heterocycles. The predicted octanol–water partition coefficient (Wildman–Crippen LogP) is 5.33. The van der Waals surface area contributed by atoms with Crippen molar-refractivity contribution in [3.05, 3.63) is 30.0 Å². The Balaban J connectivity index is 0.000000658. The van der Waals surface area contributed by atoms with Gasteiger partial charge in [-0.25, -0.2) is 9.97 Å². The van der Waals surface area contributed by atoms with Crippen molar-refractivity contribution in [3.8, 4) is 10.6 Å². The van der Waals surface area contributed by atoms with Gasteiger partial charge in [0.25, 0.3) is 0 Å². The number of hydrogen-bond acceptors (Lipinski definition) is 9. The van der Waals surface area contributed by atoms with Crippen LogP contribution in [0.5, 0.6) is 0 Å². The van der Waals surface area contributed by atoms with Gasteiger partial charge >= 0.3 is 0 Å². The number of aromatic nitrogens is 3. The smallest absolute Gasteiger partial charge is 0.224 e. The van der Waals surface area contributed by atoms with E-state index in [4.69, 9.17) is 25.2 Å². The fraction of sp³-hybridized carbons (Fsp3) is 0.593. The topological polar surface area (TPSA) is 123 Å². The number of nitrogens with zero attached hydrogens (tertiary/aromatic N) is 3. The summed E-state index contributed by atoms with van der Waals surface area (Å²) in [4.78, 5) is 14.5. The van der Waals surface area contributed by atoms with Crippen LogP contribution in [0.25, 0.3) is 20.8 Å². The molecule has 0 radical (unpaired) electrons. The van der Waals surface area contributed by atoms with Gasteiger partial charge in [-0.05, 0) is 64.5 Å². The third-order valence-corrected chi connectivity index (χ3v) is 7.11. The highest BCUT2D eigenvalue weighted by Gasteiger charge is 2.26. The van der Waals surface area contributed by atoms with Crippen LogP contribution in [0.3, 0.4) is 0 Å². The second kappa shape index (κ2) is 13.3. The molecule has 0 aliphatic heterocycles. The summed E-state index contributed by atoms with van der Waals surface area (Å²) < 4.78 is 1.17. The highest BCUT2D eigenvalue weighted by Crippen LogP contribution is 2.37. The van der Waals surface area contributed by atoms with Crippen molar-refractivity contribution >= 4 is 33.3 Å². The van der Waals surface area contributed by atoms with Gasteiger partial charge in [-0.1, -0.05) is 38.3 Å². The molecule has 1 aliphatic carbocycles. The van der Waals surface area contributed by atoms with Gasteiger partial charge in [-0.3, -0.25) is 0 Å². The summed E-state index contributed by atoms with van der Waals surface area (Å²) in [7, 11) is 0. The lowest BCUT2D eigenvalue weighted by Crippen LogP contribution is -2.19. The first-order valence-corrected chi connectivity index (χ1v) is 13.8. The van der Waals surface area contributed by atoms with E-state index in [1.807, 2.05) is 25.1 Å². The molecular weight excluding hydrogens is 474 g/mol. The molecule has 2 atom stereocenters. The molecule has 9 heteroatoms. The number of rotatable bonds is 10. The molecule has 0 spiro atoms. The highest BCUT2D eigenvalue weighted by atomic mass is 32.1. The largest absolute Gasteiger partial charge is 0.396 e. The molecule has 1 aromatic carbocycles. The SMILES string of the molecule is CC(C)(O)O.CCCCCCNc1nc(C)c(-c2nc3ccccc3s2)c(NC2CCC(CO)C2)n1. The molecule has 0 bridgehead atoms. The molecule has 36 heavy (non-hydrogen) atoms. The zero-order chi connectivity index (χ0) is 26.1. The Hall–Kier alpha value is -2.33. The number of para-hydroxylation sites is 1. The molecule has 198 valence electrons. The lowest BCUT2D eigenvalue weighted by atomic mass is 10.1. The molecule has 1 fully saturated rings. The molecule has 0 saturated heterocycles.